The lowest BCUT2D eigenvalue weighted by Crippen LogP contribution is -2.30. The third-order valence-corrected chi connectivity index (χ3v) is 5.32. The number of Topliss-reactive ketones (excluding diaryl/α,β-unsaturated/α-hetero) is 1. The summed E-state index contributed by atoms with van der Waals surface area (Å²) in [5.41, 5.74) is 2.09. The van der Waals surface area contributed by atoms with E-state index in [0.29, 0.717) is 16.3 Å². The molecule has 0 bridgehead atoms. The van der Waals surface area contributed by atoms with Gasteiger partial charge in [0.2, 0.25) is 0 Å². The van der Waals surface area contributed by atoms with Crippen molar-refractivity contribution >= 4 is 28.7 Å². The monoisotopic (exact) mass is 398 g/mol. The van der Waals surface area contributed by atoms with Crippen LogP contribution in [0, 0.1) is 12.7 Å². The number of benzene rings is 2. The van der Waals surface area contributed by atoms with Gasteiger partial charge in [0.1, 0.15) is 16.6 Å². The first-order valence-electron chi connectivity index (χ1n) is 8.65. The van der Waals surface area contributed by atoms with Crippen LogP contribution in [0.5, 0.6) is 5.75 Å². The summed E-state index contributed by atoms with van der Waals surface area (Å²) in [7, 11) is 0. The lowest BCUT2D eigenvalue weighted by atomic mass is 10.2. The molecule has 0 aliphatic carbocycles. The van der Waals surface area contributed by atoms with E-state index >= 15 is 0 Å². The second kappa shape index (κ2) is 8.31. The number of hydrogen-bond acceptors (Lipinski definition) is 5. The Bertz CT molecular complexity index is 997. The van der Waals surface area contributed by atoms with Crippen LogP contribution < -0.4 is 10.1 Å². The van der Waals surface area contributed by atoms with E-state index in [-0.39, 0.29) is 17.5 Å². The molecule has 1 aromatic heterocycles. The summed E-state index contributed by atoms with van der Waals surface area (Å²) in [6.45, 7) is 4.98. The highest BCUT2D eigenvalue weighted by atomic mass is 32.1. The molecule has 3 aromatic rings. The van der Waals surface area contributed by atoms with Gasteiger partial charge in [-0.15, -0.1) is 11.3 Å². The van der Waals surface area contributed by atoms with Crippen LogP contribution in [-0.4, -0.2) is 22.8 Å². The minimum Gasteiger partial charge on any atom is -0.481 e. The smallest absolute Gasteiger partial charge is 0.265 e. The van der Waals surface area contributed by atoms with Gasteiger partial charge >= 0.3 is 0 Å². The standard InChI is InChI=1S/C21H19FN2O3S/c1-12-19(13(2)25)28-21(23-12)15-4-10-18(11-5-15)27-14(3)20(26)24-17-8-6-16(22)7-9-17/h4-11,14H,1-3H3,(H,24,26)/t14-/m1/s1. The third-order valence-electron chi connectivity index (χ3n) is 4.01. The molecule has 0 unspecified atom stereocenters. The van der Waals surface area contributed by atoms with E-state index in [0.717, 1.165) is 16.3 Å². The molecular formula is C21H19FN2O3S. The highest BCUT2D eigenvalue weighted by molar-refractivity contribution is 7.17. The Balaban J connectivity index is 1.64. The Morgan fingerprint density at radius 2 is 1.75 bits per heavy atom. The molecule has 2 aromatic carbocycles. The van der Waals surface area contributed by atoms with Gasteiger partial charge in [-0.05, 0) is 62.4 Å². The van der Waals surface area contributed by atoms with Crippen molar-refractivity contribution in [3.63, 3.8) is 0 Å². The molecule has 1 atom stereocenters. The molecule has 0 aliphatic heterocycles. The molecular weight excluding hydrogens is 379 g/mol. The molecule has 0 aliphatic rings. The number of thiazole rings is 1. The first-order chi connectivity index (χ1) is 13.3. The predicted octanol–water partition coefficient (Wildman–Crippen LogP) is 4.87. The number of hydrogen-bond donors (Lipinski definition) is 1. The number of nitrogens with zero attached hydrogens (tertiary/aromatic N) is 1. The minimum absolute atomic E-state index is 0.00203. The maximum Gasteiger partial charge on any atom is 0.265 e. The van der Waals surface area contributed by atoms with Gasteiger partial charge in [0, 0.05) is 18.2 Å². The molecule has 144 valence electrons. The van der Waals surface area contributed by atoms with Crippen molar-refractivity contribution < 1.29 is 18.7 Å². The van der Waals surface area contributed by atoms with Gasteiger partial charge in [0.25, 0.3) is 5.91 Å². The predicted molar refractivity (Wildman–Crippen MR) is 107 cm³/mol. The molecule has 7 heteroatoms. The van der Waals surface area contributed by atoms with Crippen molar-refractivity contribution in [3.05, 3.63) is 64.9 Å². The molecule has 0 fully saturated rings. The van der Waals surface area contributed by atoms with Crippen LogP contribution >= 0.6 is 11.3 Å². The number of rotatable bonds is 6. The van der Waals surface area contributed by atoms with E-state index in [4.69, 9.17) is 4.74 Å². The Hall–Kier alpha value is -3.06. The average molecular weight is 398 g/mol. The van der Waals surface area contributed by atoms with Crippen molar-refractivity contribution in [1.82, 2.24) is 4.98 Å². The van der Waals surface area contributed by atoms with Crippen LogP contribution in [0.15, 0.2) is 48.5 Å². The quantitative estimate of drug-likeness (QED) is 0.602. The molecule has 1 amide bonds. The van der Waals surface area contributed by atoms with E-state index in [1.807, 2.05) is 19.1 Å². The molecule has 0 saturated heterocycles. The fourth-order valence-electron chi connectivity index (χ4n) is 2.56. The molecule has 0 saturated carbocycles. The largest absolute Gasteiger partial charge is 0.481 e. The lowest BCUT2D eigenvalue weighted by molar-refractivity contribution is -0.122. The van der Waals surface area contributed by atoms with Crippen molar-refractivity contribution in [3.8, 4) is 16.3 Å². The summed E-state index contributed by atoms with van der Waals surface area (Å²) in [5.74, 6) is -0.168. The summed E-state index contributed by atoms with van der Waals surface area (Å²) in [6.07, 6.45) is -0.734. The zero-order chi connectivity index (χ0) is 20.3. The molecule has 5 nitrogen and oxygen atoms in total. The van der Waals surface area contributed by atoms with E-state index in [9.17, 15) is 14.0 Å². The first-order valence-corrected chi connectivity index (χ1v) is 9.47. The van der Waals surface area contributed by atoms with Crippen molar-refractivity contribution in [2.45, 2.75) is 26.9 Å². The number of halogens is 1. The van der Waals surface area contributed by atoms with Crippen LogP contribution in [-0.2, 0) is 4.79 Å². The first kappa shape index (κ1) is 19.7. The normalized spacial score (nSPS) is 11.7. The van der Waals surface area contributed by atoms with Crippen LogP contribution in [0.2, 0.25) is 0 Å². The zero-order valence-corrected chi connectivity index (χ0v) is 16.5. The molecule has 3 rings (SSSR count). The maximum absolute atomic E-state index is 12.9. The summed E-state index contributed by atoms with van der Waals surface area (Å²) < 4.78 is 18.6. The average Bonchev–Trinajstić information content (AvgIpc) is 3.06. The number of carbonyl (C=O) groups excluding carboxylic acids is 2. The Kier molecular flexibility index (Phi) is 5.84. The van der Waals surface area contributed by atoms with Gasteiger partial charge in [-0.25, -0.2) is 9.37 Å². The number of amides is 1. The van der Waals surface area contributed by atoms with Crippen LogP contribution in [0.4, 0.5) is 10.1 Å². The van der Waals surface area contributed by atoms with Gasteiger partial charge in [-0.1, -0.05) is 0 Å². The second-order valence-corrected chi connectivity index (χ2v) is 7.27. The number of aromatic nitrogens is 1. The summed E-state index contributed by atoms with van der Waals surface area (Å²) in [5, 5.41) is 3.44. The fourth-order valence-corrected chi connectivity index (χ4v) is 3.52. The van der Waals surface area contributed by atoms with Crippen LogP contribution in [0.1, 0.15) is 29.2 Å². The third kappa shape index (κ3) is 4.61. The van der Waals surface area contributed by atoms with E-state index in [2.05, 4.69) is 10.3 Å². The van der Waals surface area contributed by atoms with Gasteiger partial charge < -0.3 is 10.1 Å². The zero-order valence-electron chi connectivity index (χ0n) is 15.7. The molecule has 1 heterocycles. The van der Waals surface area contributed by atoms with Gasteiger partial charge in [0.15, 0.2) is 11.9 Å². The van der Waals surface area contributed by atoms with E-state index < -0.39 is 6.10 Å². The highest BCUT2D eigenvalue weighted by Crippen LogP contribution is 2.29. The molecule has 0 radical (unpaired) electrons. The number of nitrogens with one attached hydrogen (secondary N) is 1. The van der Waals surface area contributed by atoms with E-state index in [1.54, 1.807) is 19.1 Å². The SMILES string of the molecule is CC(=O)c1sc(-c2ccc(O[C@H](C)C(=O)Nc3ccc(F)cc3)cc2)nc1C. The van der Waals surface area contributed by atoms with Crippen LogP contribution in [0.25, 0.3) is 10.6 Å². The van der Waals surface area contributed by atoms with Crippen LogP contribution in [0.3, 0.4) is 0 Å². The Morgan fingerprint density at radius 3 is 2.32 bits per heavy atom. The lowest BCUT2D eigenvalue weighted by Gasteiger charge is -2.15. The topological polar surface area (TPSA) is 68.3 Å². The number of aryl methyl sites for hydroxylation is 1. The van der Waals surface area contributed by atoms with Crippen molar-refractivity contribution in [2.75, 3.05) is 5.32 Å². The molecule has 28 heavy (non-hydrogen) atoms. The van der Waals surface area contributed by atoms with E-state index in [1.165, 1.54) is 42.5 Å². The number of carbonyl (C=O) groups is 2. The second-order valence-electron chi connectivity index (χ2n) is 6.27. The minimum atomic E-state index is -0.734. The summed E-state index contributed by atoms with van der Waals surface area (Å²) in [6, 6.07) is 12.7. The Labute approximate surface area is 166 Å². The molecule has 1 N–H and O–H groups in total. The maximum atomic E-state index is 12.9. The van der Waals surface area contributed by atoms with Gasteiger partial charge in [-0.2, -0.15) is 0 Å². The summed E-state index contributed by atoms with van der Waals surface area (Å²) in [4.78, 5) is 28.9. The Morgan fingerprint density at radius 1 is 1.11 bits per heavy atom. The molecule has 0 spiro atoms. The number of ketones is 1. The summed E-state index contributed by atoms with van der Waals surface area (Å²) >= 11 is 1.36. The van der Waals surface area contributed by atoms with Gasteiger partial charge in [-0.3, -0.25) is 9.59 Å². The fraction of sp³-hybridized carbons (Fsp3) is 0.190. The van der Waals surface area contributed by atoms with Crippen molar-refractivity contribution in [2.24, 2.45) is 0 Å². The van der Waals surface area contributed by atoms with Gasteiger partial charge in [0.05, 0.1) is 10.6 Å². The number of ether oxygens (including phenoxy) is 1. The number of anilines is 1. The highest BCUT2D eigenvalue weighted by Gasteiger charge is 2.16. The van der Waals surface area contributed by atoms with Crippen molar-refractivity contribution in [1.29, 1.82) is 0 Å².